The molecule has 7 heteroatoms. The topological polar surface area (TPSA) is 67.9 Å². The van der Waals surface area contributed by atoms with Crippen LogP contribution in [-0.4, -0.2) is 53.1 Å². The van der Waals surface area contributed by atoms with Gasteiger partial charge < -0.3 is 14.4 Å². The predicted molar refractivity (Wildman–Crippen MR) is 94.1 cm³/mol. The van der Waals surface area contributed by atoms with Crippen LogP contribution in [0.2, 0.25) is 0 Å². The van der Waals surface area contributed by atoms with Gasteiger partial charge in [-0.1, -0.05) is 12.1 Å². The third-order valence-corrected chi connectivity index (χ3v) is 6.98. The summed E-state index contributed by atoms with van der Waals surface area (Å²) in [5.74, 6) is 1.16. The van der Waals surface area contributed by atoms with Crippen LogP contribution in [0.1, 0.15) is 19.8 Å². The molecule has 0 radical (unpaired) electrons. The van der Waals surface area contributed by atoms with E-state index < -0.39 is 15.3 Å². The van der Waals surface area contributed by atoms with E-state index in [9.17, 15) is 8.42 Å². The van der Waals surface area contributed by atoms with Crippen LogP contribution >= 0.6 is 0 Å². The highest BCUT2D eigenvalue weighted by Gasteiger charge is 2.36. The first-order valence-corrected chi connectivity index (χ1v) is 10.0. The Morgan fingerprint density at radius 1 is 1.33 bits per heavy atom. The molecular weight excluding hydrogens is 328 g/mol. The second kappa shape index (κ2) is 7.29. The number of para-hydroxylation sites is 2. The highest BCUT2D eigenvalue weighted by Crippen LogP contribution is 2.32. The molecule has 3 atom stereocenters. The smallest absolute Gasteiger partial charge is 0.217 e. The standard InChI is InChI=1S/C17H26N2O4S/c1-13-17(8-10-23-13)24(20,21)18-11-14-7-9-19(12-14)15-5-3-4-6-16(15)22-2/h3-6,13-14,17-18H,7-12H2,1-2H3/t13-,14-,17-/m1/s1. The molecule has 2 heterocycles. The van der Waals surface area contributed by atoms with Gasteiger partial charge in [-0.3, -0.25) is 0 Å². The maximum absolute atomic E-state index is 12.4. The van der Waals surface area contributed by atoms with Crippen molar-refractivity contribution in [2.24, 2.45) is 5.92 Å². The fourth-order valence-electron chi connectivity index (χ4n) is 3.57. The Kier molecular flexibility index (Phi) is 5.32. The molecule has 0 aliphatic carbocycles. The molecule has 0 unspecified atom stereocenters. The molecule has 0 spiro atoms. The van der Waals surface area contributed by atoms with Crippen LogP contribution in [-0.2, 0) is 14.8 Å². The zero-order valence-corrected chi connectivity index (χ0v) is 15.1. The molecular formula is C17H26N2O4S. The van der Waals surface area contributed by atoms with E-state index in [1.54, 1.807) is 7.11 Å². The monoisotopic (exact) mass is 354 g/mol. The summed E-state index contributed by atoms with van der Waals surface area (Å²) in [5.41, 5.74) is 1.07. The average Bonchev–Trinajstić information content (AvgIpc) is 3.22. The van der Waals surface area contributed by atoms with Gasteiger partial charge in [0.15, 0.2) is 0 Å². The average molecular weight is 354 g/mol. The van der Waals surface area contributed by atoms with Crippen molar-refractivity contribution in [2.75, 3.05) is 38.3 Å². The third kappa shape index (κ3) is 3.68. The lowest BCUT2D eigenvalue weighted by molar-refractivity contribution is 0.126. The quantitative estimate of drug-likeness (QED) is 0.841. The Bertz CT molecular complexity index is 664. The highest BCUT2D eigenvalue weighted by atomic mass is 32.2. The minimum absolute atomic E-state index is 0.226. The van der Waals surface area contributed by atoms with E-state index in [1.165, 1.54) is 0 Å². The fourth-order valence-corrected chi connectivity index (χ4v) is 5.24. The first kappa shape index (κ1) is 17.5. The van der Waals surface area contributed by atoms with Crippen molar-refractivity contribution in [1.29, 1.82) is 0 Å². The van der Waals surface area contributed by atoms with Gasteiger partial charge in [0.25, 0.3) is 0 Å². The van der Waals surface area contributed by atoms with Crippen LogP contribution in [0.25, 0.3) is 0 Å². The lowest BCUT2D eigenvalue weighted by atomic mass is 10.1. The first-order chi connectivity index (χ1) is 11.5. The number of anilines is 1. The van der Waals surface area contributed by atoms with Gasteiger partial charge in [0.05, 0.1) is 18.9 Å². The molecule has 2 aliphatic heterocycles. The lowest BCUT2D eigenvalue weighted by Gasteiger charge is -2.22. The number of methoxy groups -OCH3 is 1. The molecule has 2 aliphatic rings. The second-order valence-electron chi connectivity index (χ2n) is 6.57. The molecule has 0 bridgehead atoms. The first-order valence-electron chi connectivity index (χ1n) is 8.49. The molecule has 24 heavy (non-hydrogen) atoms. The van der Waals surface area contributed by atoms with Crippen LogP contribution in [0.3, 0.4) is 0 Å². The predicted octanol–water partition coefficient (Wildman–Crippen LogP) is 1.62. The van der Waals surface area contributed by atoms with Crippen LogP contribution < -0.4 is 14.4 Å². The minimum atomic E-state index is -3.31. The summed E-state index contributed by atoms with van der Waals surface area (Å²) >= 11 is 0. The van der Waals surface area contributed by atoms with Gasteiger partial charge in [-0.25, -0.2) is 13.1 Å². The normalized spacial score (nSPS) is 27.6. The van der Waals surface area contributed by atoms with Gasteiger partial charge in [-0.2, -0.15) is 0 Å². The number of hydrogen-bond donors (Lipinski definition) is 1. The van der Waals surface area contributed by atoms with E-state index in [-0.39, 0.29) is 6.10 Å². The van der Waals surface area contributed by atoms with Gasteiger partial charge >= 0.3 is 0 Å². The van der Waals surface area contributed by atoms with Crippen molar-refractivity contribution in [3.63, 3.8) is 0 Å². The Morgan fingerprint density at radius 2 is 2.12 bits per heavy atom. The van der Waals surface area contributed by atoms with Crippen LogP contribution in [0.5, 0.6) is 5.75 Å². The minimum Gasteiger partial charge on any atom is -0.495 e. The van der Waals surface area contributed by atoms with E-state index in [2.05, 4.69) is 9.62 Å². The van der Waals surface area contributed by atoms with Crippen molar-refractivity contribution in [3.8, 4) is 5.75 Å². The number of sulfonamides is 1. The van der Waals surface area contributed by atoms with Crippen molar-refractivity contribution in [3.05, 3.63) is 24.3 Å². The summed E-state index contributed by atoms with van der Waals surface area (Å²) in [6, 6.07) is 7.94. The van der Waals surface area contributed by atoms with Crippen molar-refractivity contribution >= 4 is 15.7 Å². The van der Waals surface area contributed by atoms with E-state index in [4.69, 9.17) is 9.47 Å². The number of nitrogens with zero attached hydrogens (tertiary/aromatic N) is 1. The molecule has 0 saturated carbocycles. The Balaban J connectivity index is 1.57. The summed E-state index contributed by atoms with van der Waals surface area (Å²) < 4.78 is 38.5. The summed E-state index contributed by atoms with van der Waals surface area (Å²) in [6.07, 6.45) is 1.32. The van der Waals surface area contributed by atoms with Crippen LogP contribution in [0.15, 0.2) is 24.3 Å². The molecule has 0 aromatic heterocycles. The van der Waals surface area contributed by atoms with Crippen molar-refractivity contribution < 1.29 is 17.9 Å². The SMILES string of the molecule is COc1ccccc1N1CC[C@H](CNS(=O)(=O)[C@@H]2CCO[C@@H]2C)C1. The lowest BCUT2D eigenvalue weighted by Crippen LogP contribution is -2.40. The van der Waals surface area contributed by atoms with E-state index in [1.807, 2.05) is 31.2 Å². The van der Waals surface area contributed by atoms with Gasteiger partial charge in [0, 0.05) is 26.2 Å². The van der Waals surface area contributed by atoms with Gasteiger partial charge in [0.2, 0.25) is 10.0 Å². The molecule has 2 fully saturated rings. The molecule has 1 aromatic rings. The van der Waals surface area contributed by atoms with Crippen molar-refractivity contribution in [2.45, 2.75) is 31.1 Å². The molecule has 2 saturated heterocycles. The zero-order valence-electron chi connectivity index (χ0n) is 14.3. The maximum atomic E-state index is 12.4. The number of benzene rings is 1. The highest BCUT2D eigenvalue weighted by molar-refractivity contribution is 7.90. The molecule has 134 valence electrons. The van der Waals surface area contributed by atoms with Crippen molar-refractivity contribution in [1.82, 2.24) is 4.72 Å². The van der Waals surface area contributed by atoms with E-state index in [0.29, 0.717) is 25.5 Å². The van der Waals surface area contributed by atoms with Gasteiger partial charge in [-0.05, 0) is 37.8 Å². The molecule has 0 amide bonds. The number of ether oxygens (including phenoxy) is 2. The number of hydrogen-bond acceptors (Lipinski definition) is 5. The van der Waals surface area contributed by atoms with Gasteiger partial charge in [-0.15, -0.1) is 0 Å². The van der Waals surface area contributed by atoms with Crippen LogP contribution in [0, 0.1) is 5.92 Å². The largest absolute Gasteiger partial charge is 0.495 e. The Labute approximate surface area is 144 Å². The van der Waals surface area contributed by atoms with E-state index in [0.717, 1.165) is 30.9 Å². The molecule has 6 nitrogen and oxygen atoms in total. The Hall–Kier alpha value is -1.31. The number of nitrogens with one attached hydrogen (secondary N) is 1. The summed E-state index contributed by atoms with van der Waals surface area (Å²) in [6.45, 7) is 4.58. The maximum Gasteiger partial charge on any atom is 0.217 e. The summed E-state index contributed by atoms with van der Waals surface area (Å²) in [7, 11) is -1.64. The van der Waals surface area contributed by atoms with Crippen LogP contribution in [0.4, 0.5) is 5.69 Å². The molecule has 3 rings (SSSR count). The number of rotatable bonds is 6. The second-order valence-corrected chi connectivity index (χ2v) is 8.55. The van der Waals surface area contributed by atoms with Gasteiger partial charge in [0.1, 0.15) is 11.0 Å². The zero-order chi connectivity index (χ0) is 17.2. The fraction of sp³-hybridized carbons (Fsp3) is 0.647. The summed E-state index contributed by atoms with van der Waals surface area (Å²) in [4.78, 5) is 2.26. The Morgan fingerprint density at radius 3 is 2.83 bits per heavy atom. The third-order valence-electron chi connectivity index (χ3n) is 4.99. The molecule has 1 aromatic carbocycles. The molecule has 1 N–H and O–H groups in total. The van der Waals surface area contributed by atoms with E-state index >= 15 is 0 Å². The summed E-state index contributed by atoms with van der Waals surface area (Å²) in [5, 5.41) is -0.427.